The highest BCUT2D eigenvalue weighted by Crippen LogP contribution is 2.61. The van der Waals surface area contributed by atoms with E-state index in [1.807, 2.05) is 4.90 Å². The van der Waals surface area contributed by atoms with E-state index < -0.39 is 0 Å². The average molecular weight is 375 g/mol. The molecular weight excluding hydrogens is 340 g/mol. The summed E-state index contributed by atoms with van der Waals surface area (Å²) < 4.78 is 0. The zero-order valence-corrected chi connectivity index (χ0v) is 16.7. The third kappa shape index (κ3) is 4.38. The lowest BCUT2D eigenvalue weighted by Gasteiger charge is -2.57. The molecule has 1 heterocycles. The number of carbonyl (C=O) groups is 3. The number of ketones is 1. The first-order chi connectivity index (χ1) is 12.9. The number of nitrogens with one attached hydrogen (secondary N) is 1. The molecule has 0 atom stereocenters. The number of carbonyl (C=O) groups excluding carboxylic acids is 3. The predicted molar refractivity (Wildman–Crippen MR) is 103 cm³/mol. The van der Waals surface area contributed by atoms with Gasteiger partial charge >= 0.3 is 0 Å². The lowest BCUT2D eigenvalue weighted by Crippen LogP contribution is -2.50. The van der Waals surface area contributed by atoms with Gasteiger partial charge in [-0.2, -0.15) is 0 Å². The molecule has 4 aliphatic carbocycles. The van der Waals surface area contributed by atoms with Crippen molar-refractivity contribution >= 4 is 17.6 Å². The summed E-state index contributed by atoms with van der Waals surface area (Å²) in [5, 5.41) is 3.03. The summed E-state index contributed by atoms with van der Waals surface area (Å²) >= 11 is 0. The van der Waals surface area contributed by atoms with Crippen molar-refractivity contribution in [3.8, 4) is 0 Å². The Morgan fingerprint density at radius 1 is 0.926 bits per heavy atom. The van der Waals surface area contributed by atoms with Crippen molar-refractivity contribution in [1.29, 1.82) is 0 Å². The maximum absolute atomic E-state index is 13.0. The van der Waals surface area contributed by atoms with Crippen molar-refractivity contribution in [3.05, 3.63) is 0 Å². The Labute approximate surface area is 162 Å². The van der Waals surface area contributed by atoms with E-state index in [1.165, 1.54) is 45.4 Å². The lowest BCUT2D eigenvalue weighted by atomic mass is 9.49. The third-order valence-corrected chi connectivity index (χ3v) is 7.61. The van der Waals surface area contributed by atoms with Crippen LogP contribution in [0, 0.1) is 23.2 Å². The van der Waals surface area contributed by atoms with Gasteiger partial charge in [-0.1, -0.05) is 0 Å². The van der Waals surface area contributed by atoms with Crippen LogP contribution in [0.15, 0.2) is 0 Å². The number of piperidine rings is 1. The Kier molecular flexibility index (Phi) is 5.30. The predicted octanol–water partition coefficient (Wildman–Crippen LogP) is 3.07. The van der Waals surface area contributed by atoms with Gasteiger partial charge in [0.25, 0.3) is 0 Å². The molecule has 5 nitrogen and oxygen atoms in total. The minimum atomic E-state index is -0.0384. The summed E-state index contributed by atoms with van der Waals surface area (Å²) in [4.78, 5) is 37.9. The van der Waals surface area contributed by atoms with E-state index in [2.05, 4.69) is 5.32 Å². The molecule has 5 rings (SSSR count). The molecule has 27 heavy (non-hydrogen) atoms. The highest BCUT2D eigenvalue weighted by molar-refractivity contribution is 5.83. The van der Waals surface area contributed by atoms with E-state index in [1.54, 1.807) is 0 Å². The quantitative estimate of drug-likeness (QED) is 0.777. The van der Waals surface area contributed by atoms with Crippen molar-refractivity contribution in [1.82, 2.24) is 10.2 Å². The Balaban J connectivity index is 1.23. The summed E-state index contributed by atoms with van der Waals surface area (Å²) in [6.07, 6.45) is 11.1. The second kappa shape index (κ2) is 7.56. The number of hydrogen-bond acceptors (Lipinski definition) is 3. The monoisotopic (exact) mass is 374 g/mol. The van der Waals surface area contributed by atoms with Gasteiger partial charge in [-0.15, -0.1) is 0 Å². The molecule has 1 N–H and O–H groups in total. The molecule has 0 aromatic rings. The molecule has 5 fully saturated rings. The molecule has 0 radical (unpaired) electrons. The number of rotatable bonds is 6. The van der Waals surface area contributed by atoms with Crippen molar-refractivity contribution in [2.45, 2.75) is 83.6 Å². The van der Waals surface area contributed by atoms with E-state index in [4.69, 9.17) is 0 Å². The normalized spacial score (nSPS) is 35.3. The molecule has 5 aliphatic rings. The Bertz CT molecular complexity index is 571. The number of Topliss-reactive ketones (excluding diaryl/α,β-unsaturated/α-hetero) is 1. The highest BCUT2D eigenvalue weighted by atomic mass is 16.2. The fraction of sp³-hybridized carbons (Fsp3) is 0.864. The van der Waals surface area contributed by atoms with Crippen molar-refractivity contribution in [3.63, 3.8) is 0 Å². The zero-order chi connectivity index (χ0) is 19.0. The van der Waals surface area contributed by atoms with E-state index in [-0.39, 0.29) is 24.2 Å². The van der Waals surface area contributed by atoms with Crippen LogP contribution in [0.2, 0.25) is 0 Å². The summed E-state index contributed by atoms with van der Waals surface area (Å²) in [5.41, 5.74) is 0.309. The molecule has 1 aliphatic heterocycles. The van der Waals surface area contributed by atoms with Crippen LogP contribution in [0.4, 0.5) is 0 Å². The van der Waals surface area contributed by atoms with E-state index >= 15 is 0 Å². The first-order valence-corrected chi connectivity index (χ1v) is 11.0. The lowest BCUT2D eigenvalue weighted by molar-refractivity contribution is -0.140. The second-order valence-electron chi connectivity index (χ2n) is 10.0. The maximum Gasteiger partial charge on any atom is 0.223 e. The SMILES string of the molecule is CC(=O)CCC(=O)NC1CCN(C(=O)CC23CC4CC(CC(C4)C2)C3)CC1. The van der Waals surface area contributed by atoms with Gasteiger partial charge in [-0.25, -0.2) is 0 Å². The van der Waals surface area contributed by atoms with Crippen LogP contribution in [0.1, 0.15) is 77.6 Å². The van der Waals surface area contributed by atoms with Gasteiger partial charge in [0.15, 0.2) is 0 Å². The van der Waals surface area contributed by atoms with Crippen LogP contribution in [0.25, 0.3) is 0 Å². The Morgan fingerprint density at radius 2 is 1.48 bits per heavy atom. The fourth-order valence-electron chi connectivity index (χ4n) is 6.80. The highest BCUT2D eigenvalue weighted by Gasteiger charge is 2.51. The van der Waals surface area contributed by atoms with Crippen LogP contribution < -0.4 is 5.32 Å². The molecular formula is C22H34N2O3. The minimum Gasteiger partial charge on any atom is -0.353 e. The zero-order valence-electron chi connectivity index (χ0n) is 16.7. The molecule has 1 saturated heterocycles. The van der Waals surface area contributed by atoms with Gasteiger partial charge in [0.1, 0.15) is 5.78 Å². The van der Waals surface area contributed by atoms with Gasteiger partial charge < -0.3 is 15.0 Å². The third-order valence-electron chi connectivity index (χ3n) is 7.61. The van der Waals surface area contributed by atoms with Crippen LogP contribution >= 0.6 is 0 Å². The van der Waals surface area contributed by atoms with Crippen LogP contribution in [-0.2, 0) is 14.4 Å². The van der Waals surface area contributed by atoms with E-state index in [9.17, 15) is 14.4 Å². The second-order valence-corrected chi connectivity index (χ2v) is 10.0. The van der Waals surface area contributed by atoms with Gasteiger partial charge in [0.05, 0.1) is 0 Å². The smallest absolute Gasteiger partial charge is 0.223 e. The summed E-state index contributed by atoms with van der Waals surface area (Å²) in [5.74, 6) is 3.03. The molecule has 150 valence electrons. The first kappa shape index (κ1) is 18.9. The molecule has 4 saturated carbocycles. The van der Waals surface area contributed by atoms with Gasteiger partial charge in [0.2, 0.25) is 11.8 Å². The largest absolute Gasteiger partial charge is 0.353 e. The topological polar surface area (TPSA) is 66.5 Å². The van der Waals surface area contributed by atoms with Crippen molar-refractivity contribution < 1.29 is 14.4 Å². The molecule has 0 spiro atoms. The van der Waals surface area contributed by atoms with E-state index in [0.29, 0.717) is 17.7 Å². The average Bonchev–Trinajstić information content (AvgIpc) is 2.59. The van der Waals surface area contributed by atoms with Gasteiger partial charge in [0, 0.05) is 38.4 Å². The fourth-order valence-corrected chi connectivity index (χ4v) is 6.80. The summed E-state index contributed by atoms with van der Waals surface area (Å²) in [7, 11) is 0. The minimum absolute atomic E-state index is 0.0384. The standard InChI is InChI=1S/C22H34N2O3/c1-15(25)2-3-20(26)23-19-4-6-24(7-5-19)21(27)14-22-11-16-8-17(12-22)10-18(9-16)13-22/h16-19H,2-14H2,1H3,(H,23,26). The number of likely N-dealkylation sites (tertiary alicyclic amines) is 1. The molecule has 5 heteroatoms. The molecule has 0 aromatic carbocycles. The van der Waals surface area contributed by atoms with Gasteiger partial charge in [-0.05, 0) is 81.5 Å². The number of amides is 2. The van der Waals surface area contributed by atoms with E-state index in [0.717, 1.165) is 50.1 Å². The van der Waals surface area contributed by atoms with Crippen LogP contribution in [0.3, 0.4) is 0 Å². The number of nitrogens with zero attached hydrogens (tertiary/aromatic N) is 1. The van der Waals surface area contributed by atoms with Crippen molar-refractivity contribution in [2.24, 2.45) is 23.2 Å². The molecule has 0 unspecified atom stereocenters. The first-order valence-electron chi connectivity index (χ1n) is 11.0. The summed E-state index contributed by atoms with van der Waals surface area (Å²) in [6, 6.07) is 0.146. The maximum atomic E-state index is 13.0. The summed E-state index contributed by atoms with van der Waals surface area (Å²) in [6.45, 7) is 3.02. The van der Waals surface area contributed by atoms with Crippen LogP contribution in [-0.4, -0.2) is 41.6 Å². The number of hydrogen-bond donors (Lipinski definition) is 1. The van der Waals surface area contributed by atoms with Crippen LogP contribution in [0.5, 0.6) is 0 Å². The molecule has 4 bridgehead atoms. The molecule has 2 amide bonds. The molecule has 0 aromatic heterocycles. The van der Waals surface area contributed by atoms with Gasteiger partial charge in [-0.3, -0.25) is 9.59 Å². The van der Waals surface area contributed by atoms with Crippen molar-refractivity contribution in [2.75, 3.05) is 13.1 Å². The Hall–Kier alpha value is -1.39. The Morgan fingerprint density at radius 3 is 2.00 bits per heavy atom.